The standard InChI is InChI=1S/C29H33N3O5/c1-3-11-32(12-4-13-35-23-8-9-24-20(14-23)5-6-21(24)16-27(33)34)29-19(2)17-30-28(31-29)22-7-10-25-26(15-22)37-18-36-25/h7-10,14-15,17,21H,3-6,11-13,16,18H2,1-2H3,(H,33,34)/t21-/m0/s1. The number of carboxylic acids is 1. The van der Waals surface area contributed by atoms with Crippen LogP contribution in [0.2, 0.25) is 0 Å². The number of fused-ring (bicyclic) bond motifs is 2. The number of benzene rings is 2. The molecular formula is C29H33N3O5. The Hall–Kier alpha value is -3.81. The topological polar surface area (TPSA) is 94.0 Å². The van der Waals surface area contributed by atoms with Crippen LogP contribution in [0.1, 0.15) is 55.2 Å². The van der Waals surface area contributed by atoms with E-state index in [4.69, 9.17) is 24.3 Å². The molecule has 37 heavy (non-hydrogen) atoms. The van der Waals surface area contributed by atoms with Gasteiger partial charge in [0.25, 0.3) is 0 Å². The summed E-state index contributed by atoms with van der Waals surface area (Å²) in [4.78, 5) is 22.9. The first-order valence-corrected chi connectivity index (χ1v) is 13.0. The second kappa shape index (κ2) is 11.1. The van der Waals surface area contributed by atoms with E-state index in [1.165, 1.54) is 5.56 Å². The molecule has 2 aromatic carbocycles. The number of hydrogen-bond donors (Lipinski definition) is 1. The highest BCUT2D eigenvalue weighted by Gasteiger charge is 2.25. The molecule has 0 saturated heterocycles. The van der Waals surface area contributed by atoms with Gasteiger partial charge in [-0.3, -0.25) is 4.79 Å². The van der Waals surface area contributed by atoms with Crippen LogP contribution in [0, 0.1) is 6.92 Å². The van der Waals surface area contributed by atoms with Gasteiger partial charge in [-0.05, 0) is 80.0 Å². The summed E-state index contributed by atoms with van der Waals surface area (Å²) < 4.78 is 17.0. The molecule has 1 atom stereocenters. The van der Waals surface area contributed by atoms with Crippen LogP contribution < -0.4 is 19.1 Å². The average molecular weight is 504 g/mol. The normalized spacial score (nSPS) is 15.5. The van der Waals surface area contributed by atoms with Gasteiger partial charge in [-0.15, -0.1) is 0 Å². The minimum atomic E-state index is -0.739. The van der Waals surface area contributed by atoms with Gasteiger partial charge in [0.15, 0.2) is 17.3 Å². The Bertz CT molecular complexity index is 1280. The van der Waals surface area contributed by atoms with Crippen LogP contribution in [0.4, 0.5) is 5.82 Å². The highest BCUT2D eigenvalue weighted by Crippen LogP contribution is 2.38. The van der Waals surface area contributed by atoms with Crippen LogP contribution in [0.25, 0.3) is 11.4 Å². The summed E-state index contributed by atoms with van der Waals surface area (Å²) in [5.74, 6) is 3.28. The van der Waals surface area contributed by atoms with E-state index in [9.17, 15) is 4.79 Å². The van der Waals surface area contributed by atoms with E-state index in [0.29, 0.717) is 12.4 Å². The van der Waals surface area contributed by atoms with Crippen molar-refractivity contribution in [3.63, 3.8) is 0 Å². The Labute approximate surface area is 217 Å². The summed E-state index contributed by atoms with van der Waals surface area (Å²) in [7, 11) is 0. The van der Waals surface area contributed by atoms with Gasteiger partial charge >= 0.3 is 5.97 Å². The molecule has 1 aliphatic carbocycles. The van der Waals surface area contributed by atoms with E-state index in [2.05, 4.69) is 22.9 Å². The Morgan fingerprint density at radius 2 is 2.03 bits per heavy atom. The van der Waals surface area contributed by atoms with Crippen LogP contribution in [0.15, 0.2) is 42.6 Å². The van der Waals surface area contributed by atoms with Gasteiger partial charge in [0.05, 0.1) is 13.0 Å². The van der Waals surface area contributed by atoms with Crippen molar-refractivity contribution in [1.82, 2.24) is 9.97 Å². The van der Waals surface area contributed by atoms with E-state index in [0.717, 1.165) is 78.5 Å². The molecule has 0 bridgehead atoms. The fraction of sp³-hybridized carbons (Fsp3) is 0.414. The maximum atomic E-state index is 11.1. The molecule has 1 aromatic heterocycles. The van der Waals surface area contributed by atoms with Crippen molar-refractivity contribution < 1.29 is 24.1 Å². The molecule has 0 saturated carbocycles. The molecule has 1 aliphatic heterocycles. The van der Waals surface area contributed by atoms with E-state index in [-0.39, 0.29) is 19.1 Å². The summed E-state index contributed by atoms with van der Waals surface area (Å²) >= 11 is 0. The number of ether oxygens (including phenoxy) is 3. The summed E-state index contributed by atoms with van der Waals surface area (Å²) in [5, 5.41) is 9.14. The van der Waals surface area contributed by atoms with Crippen molar-refractivity contribution in [3.05, 3.63) is 59.3 Å². The Kier molecular flexibility index (Phi) is 7.44. The van der Waals surface area contributed by atoms with Gasteiger partial charge in [0, 0.05) is 30.4 Å². The third-order valence-corrected chi connectivity index (χ3v) is 6.95. The SMILES string of the molecule is CCCN(CCCOc1ccc2c(c1)CC[C@H]2CC(=O)O)c1nc(-c2ccc3c(c2)OCO3)ncc1C. The van der Waals surface area contributed by atoms with Crippen molar-refractivity contribution in [3.8, 4) is 28.6 Å². The largest absolute Gasteiger partial charge is 0.494 e. The van der Waals surface area contributed by atoms with Gasteiger partial charge in [0.1, 0.15) is 11.6 Å². The fourth-order valence-electron chi connectivity index (χ4n) is 5.16. The van der Waals surface area contributed by atoms with Crippen molar-refractivity contribution in [2.45, 2.75) is 51.9 Å². The number of carbonyl (C=O) groups is 1. The Morgan fingerprint density at radius 3 is 2.86 bits per heavy atom. The molecule has 2 aliphatic rings. The molecule has 0 radical (unpaired) electrons. The number of hydrogen-bond acceptors (Lipinski definition) is 7. The zero-order chi connectivity index (χ0) is 25.8. The smallest absolute Gasteiger partial charge is 0.303 e. The third-order valence-electron chi connectivity index (χ3n) is 6.95. The summed E-state index contributed by atoms with van der Waals surface area (Å²) in [6.45, 7) is 6.75. The number of carboxylic acid groups (broad SMARTS) is 1. The Balaban J connectivity index is 1.22. The number of anilines is 1. The minimum Gasteiger partial charge on any atom is -0.494 e. The molecule has 2 heterocycles. The van der Waals surface area contributed by atoms with Crippen LogP contribution in [-0.2, 0) is 11.2 Å². The zero-order valence-electron chi connectivity index (χ0n) is 21.4. The van der Waals surface area contributed by atoms with E-state index in [1.54, 1.807) is 0 Å². The van der Waals surface area contributed by atoms with Crippen LogP contribution in [0.5, 0.6) is 17.2 Å². The summed E-state index contributed by atoms with van der Waals surface area (Å²) in [6.07, 6.45) is 5.73. The lowest BCUT2D eigenvalue weighted by Gasteiger charge is -2.25. The number of aromatic nitrogens is 2. The van der Waals surface area contributed by atoms with E-state index < -0.39 is 5.97 Å². The molecule has 8 nitrogen and oxygen atoms in total. The molecule has 1 N–H and O–H groups in total. The predicted octanol–water partition coefficient (Wildman–Crippen LogP) is 5.37. The first-order chi connectivity index (χ1) is 18.0. The molecule has 8 heteroatoms. The average Bonchev–Trinajstić information content (AvgIpc) is 3.52. The van der Waals surface area contributed by atoms with Crippen molar-refractivity contribution in [1.29, 1.82) is 0 Å². The van der Waals surface area contributed by atoms with E-state index in [1.807, 2.05) is 43.5 Å². The lowest BCUT2D eigenvalue weighted by atomic mass is 9.98. The minimum absolute atomic E-state index is 0.114. The fourth-order valence-corrected chi connectivity index (χ4v) is 5.16. The van der Waals surface area contributed by atoms with Crippen LogP contribution in [-0.4, -0.2) is 47.5 Å². The molecule has 0 fully saturated rings. The molecule has 194 valence electrons. The monoisotopic (exact) mass is 503 g/mol. The first kappa shape index (κ1) is 24.9. The van der Waals surface area contributed by atoms with Gasteiger partial charge in [-0.25, -0.2) is 9.97 Å². The molecule has 5 rings (SSSR count). The van der Waals surface area contributed by atoms with Crippen LogP contribution in [0.3, 0.4) is 0 Å². The van der Waals surface area contributed by atoms with Gasteiger partial charge in [0.2, 0.25) is 6.79 Å². The number of aryl methyl sites for hydroxylation is 2. The predicted molar refractivity (Wildman–Crippen MR) is 141 cm³/mol. The number of aliphatic carboxylic acids is 1. The lowest BCUT2D eigenvalue weighted by Crippen LogP contribution is -2.28. The van der Waals surface area contributed by atoms with Gasteiger partial charge in [-0.2, -0.15) is 0 Å². The molecule has 0 unspecified atom stereocenters. The summed E-state index contributed by atoms with van der Waals surface area (Å²) in [5.41, 5.74) is 4.30. The van der Waals surface area contributed by atoms with Crippen LogP contribution >= 0.6 is 0 Å². The van der Waals surface area contributed by atoms with Crippen molar-refractivity contribution >= 4 is 11.8 Å². The van der Waals surface area contributed by atoms with E-state index >= 15 is 0 Å². The number of nitrogens with zero attached hydrogens (tertiary/aromatic N) is 3. The first-order valence-electron chi connectivity index (χ1n) is 13.0. The quantitative estimate of drug-likeness (QED) is 0.349. The molecular weight excluding hydrogens is 470 g/mol. The molecule has 0 amide bonds. The van der Waals surface area contributed by atoms with Crippen molar-refractivity contribution in [2.24, 2.45) is 0 Å². The lowest BCUT2D eigenvalue weighted by molar-refractivity contribution is -0.137. The van der Waals surface area contributed by atoms with Gasteiger partial charge < -0.3 is 24.2 Å². The second-order valence-corrected chi connectivity index (χ2v) is 9.65. The maximum Gasteiger partial charge on any atom is 0.303 e. The van der Waals surface area contributed by atoms with Gasteiger partial charge in [-0.1, -0.05) is 13.0 Å². The second-order valence-electron chi connectivity index (χ2n) is 9.65. The molecule has 3 aromatic rings. The Morgan fingerprint density at radius 1 is 1.16 bits per heavy atom. The highest BCUT2D eigenvalue weighted by molar-refractivity contribution is 5.68. The maximum absolute atomic E-state index is 11.1. The number of rotatable bonds is 11. The zero-order valence-corrected chi connectivity index (χ0v) is 21.4. The molecule has 0 spiro atoms. The van der Waals surface area contributed by atoms with Crippen molar-refractivity contribution in [2.75, 3.05) is 31.4 Å². The summed E-state index contributed by atoms with van der Waals surface area (Å²) in [6, 6.07) is 11.9. The third kappa shape index (κ3) is 5.63. The highest BCUT2D eigenvalue weighted by atomic mass is 16.7.